The predicted octanol–water partition coefficient (Wildman–Crippen LogP) is 4.30. The van der Waals surface area contributed by atoms with Crippen molar-refractivity contribution in [1.82, 2.24) is 15.0 Å². The van der Waals surface area contributed by atoms with Gasteiger partial charge in [0.1, 0.15) is 17.3 Å². The second kappa shape index (κ2) is 8.23. The van der Waals surface area contributed by atoms with E-state index in [1.807, 2.05) is 19.9 Å². The maximum atomic E-state index is 12.4. The van der Waals surface area contributed by atoms with Crippen LogP contribution in [0.25, 0.3) is 22.4 Å². The summed E-state index contributed by atoms with van der Waals surface area (Å²) in [5, 5.41) is 14.9. The molecular formula is C22H19N5O4. The van der Waals surface area contributed by atoms with Crippen LogP contribution in [0.4, 0.5) is 5.69 Å². The van der Waals surface area contributed by atoms with Crippen molar-refractivity contribution in [1.29, 1.82) is 0 Å². The molecule has 0 aliphatic rings. The average molecular weight is 417 g/mol. The van der Waals surface area contributed by atoms with Gasteiger partial charge in [-0.1, -0.05) is 12.1 Å². The maximum absolute atomic E-state index is 12.4. The van der Waals surface area contributed by atoms with Gasteiger partial charge in [-0.25, -0.2) is 10.4 Å². The van der Waals surface area contributed by atoms with E-state index in [1.54, 1.807) is 36.4 Å². The van der Waals surface area contributed by atoms with E-state index in [4.69, 9.17) is 4.42 Å². The second-order valence-corrected chi connectivity index (χ2v) is 6.82. The van der Waals surface area contributed by atoms with Gasteiger partial charge in [-0.2, -0.15) is 5.10 Å². The van der Waals surface area contributed by atoms with Crippen LogP contribution in [0.1, 0.15) is 28.9 Å². The summed E-state index contributed by atoms with van der Waals surface area (Å²) in [4.78, 5) is 27.4. The minimum Gasteiger partial charge on any atom is -0.455 e. The molecule has 0 radical (unpaired) electrons. The SMILES string of the molecule is CCn1c(C)nc2cc(C(=O)N/N=C/c3ccc(-c4cccc([N+](=O)[O-])c4)o3)ccc21. The molecule has 9 heteroatoms. The van der Waals surface area contributed by atoms with Gasteiger partial charge < -0.3 is 8.98 Å². The monoisotopic (exact) mass is 417 g/mol. The van der Waals surface area contributed by atoms with E-state index >= 15 is 0 Å². The first-order valence-corrected chi connectivity index (χ1v) is 9.61. The summed E-state index contributed by atoms with van der Waals surface area (Å²) in [6.07, 6.45) is 1.37. The number of rotatable bonds is 6. The zero-order valence-electron chi connectivity index (χ0n) is 16.9. The Morgan fingerprint density at radius 2 is 2.10 bits per heavy atom. The number of benzene rings is 2. The molecule has 0 atom stereocenters. The van der Waals surface area contributed by atoms with Gasteiger partial charge in [0.15, 0.2) is 0 Å². The van der Waals surface area contributed by atoms with Crippen LogP contribution in [0.3, 0.4) is 0 Å². The molecule has 1 amide bonds. The first-order valence-electron chi connectivity index (χ1n) is 9.61. The Morgan fingerprint density at radius 1 is 1.26 bits per heavy atom. The predicted molar refractivity (Wildman–Crippen MR) is 116 cm³/mol. The van der Waals surface area contributed by atoms with Gasteiger partial charge in [-0.05, 0) is 44.2 Å². The first-order chi connectivity index (χ1) is 15.0. The minimum absolute atomic E-state index is 0.0210. The highest BCUT2D eigenvalue weighted by Gasteiger charge is 2.11. The zero-order chi connectivity index (χ0) is 22.0. The van der Waals surface area contributed by atoms with Crippen LogP contribution in [0.15, 0.2) is 64.1 Å². The molecular weight excluding hydrogens is 398 g/mol. The van der Waals surface area contributed by atoms with E-state index in [0.29, 0.717) is 22.6 Å². The fourth-order valence-corrected chi connectivity index (χ4v) is 3.36. The number of non-ortho nitro benzene ring substituents is 1. The number of aryl methyl sites for hydroxylation is 2. The van der Waals surface area contributed by atoms with E-state index in [0.717, 1.165) is 23.4 Å². The third-order valence-electron chi connectivity index (χ3n) is 4.84. The summed E-state index contributed by atoms with van der Waals surface area (Å²) < 4.78 is 7.72. The summed E-state index contributed by atoms with van der Waals surface area (Å²) in [7, 11) is 0. The highest BCUT2D eigenvalue weighted by Crippen LogP contribution is 2.25. The molecule has 0 bridgehead atoms. The number of carbonyl (C=O) groups excluding carboxylic acids is 1. The molecule has 2 aromatic carbocycles. The van der Waals surface area contributed by atoms with Crippen LogP contribution in [0, 0.1) is 17.0 Å². The van der Waals surface area contributed by atoms with Gasteiger partial charge in [0.2, 0.25) is 0 Å². The van der Waals surface area contributed by atoms with Gasteiger partial charge >= 0.3 is 0 Å². The van der Waals surface area contributed by atoms with Gasteiger partial charge in [0, 0.05) is 29.8 Å². The number of aromatic nitrogens is 2. The Kier molecular flexibility index (Phi) is 5.31. The van der Waals surface area contributed by atoms with E-state index in [-0.39, 0.29) is 11.6 Å². The van der Waals surface area contributed by atoms with Crippen molar-refractivity contribution >= 4 is 28.8 Å². The van der Waals surface area contributed by atoms with E-state index < -0.39 is 4.92 Å². The standard InChI is InChI=1S/C22H19N5O4/c1-3-26-14(2)24-19-12-16(7-9-20(19)26)22(28)25-23-13-18-8-10-21(31-18)15-5-4-6-17(11-15)27(29)30/h4-13H,3H2,1-2H3,(H,25,28)/b23-13+. The topological polar surface area (TPSA) is 116 Å². The van der Waals surface area contributed by atoms with Crippen molar-refractivity contribution in [2.75, 3.05) is 0 Å². The number of imidazole rings is 1. The summed E-state index contributed by atoms with van der Waals surface area (Å²) in [6.45, 7) is 4.78. The largest absolute Gasteiger partial charge is 0.455 e. The molecule has 0 aliphatic heterocycles. The number of hydrazone groups is 1. The Balaban J connectivity index is 1.45. The van der Waals surface area contributed by atoms with E-state index in [1.165, 1.54) is 18.3 Å². The van der Waals surface area contributed by atoms with Crippen LogP contribution < -0.4 is 5.43 Å². The van der Waals surface area contributed by atoms with Crippen LogP contribution in [-0.4, -0.2) is 26.6 Å². The molecule has 2 aromatic heterocycles. The van der Waals surface area contributed by atoms with Crippen LogP contribution in [0.2, 0.25) is 0 Å². The smallest absolute Gasteiger partial charge is 0.271 e. The third kappa shape index (κ3) is 4.06. The number of nitrogens with zero attached hydrogens (tertiary/aromatic N) is 4. The number of nitro benzene ring substituents is 1. The molecule has 0 aliphatic carbocycles. The lowest BCUT2D eigenvalue weighted by atomic mass is 10.1. The lowest BCUT2D eigenvalue weighted by Gasteiger charge is -2.03. The number of carbonyl (C=O) groups is 1. The Hall–Kier alpha value is -4.27. The first kappa shape index (κ1) is 20.0. The number of fused-ring (bicyclic) bond motifs is 1. The summed E-state index contributed by atoms with van der Waals surface area (Å²) in [5.74, 6) is 1.39. The van der Waals surface area contributed by atoms with Gasteiger partial charge in [0.05, 0.1) is 22.2 Å². The van der Waals surface area contributed by atoms with Crippen LogP contribution in [0.5, 0.6) is 0 Å². The number of hydrogen-bond acceptors (Lipinski definition) is 6. The van der Waals surface area contributed by atoms with Crippen LogP contribution in [-0.2, 0) is 6.54 Å². The van der Waals surface area contributed by atoms with Crippen LogP contribution >= 0.6 is 0 Å². The summed E-state index contributed by atoms with van der Waals surface area (Å²) in [6, 6.07) is 14.8. The quantitative estimate of drug-likeness (QED) is 0.285. The zero-order valence-corrected chi connectivity index (χ0v) is 16.9. The van der Waals surface area contributed by atoms with Gasteiger partial charge in [0.25, 0.3) is 11.6 Å². The molecule has 31 heavy (non-hydrogen) atoms. The number of nitro groups is 1. The highest BCUT2D eigenvalue weighted by molar-refractivity contribution is 5.97. The number of nitrogens with one attached hydrogen (secondary N) is 1. The van der Waals surface area contributed by atoms with Gasteiger partial charge in [-0.3, -0.25) is 14.9 Å². The number of hydrogen-bond donors (Lipinski definition) is 1. The fraction of sp³-hybridized carbons (Fsp3) is 0.136. The summed E-state index contributed by atoms with van der Waals surface area (Å²) in [5.41, 5.74) is 5.20. The number of amides is 1. The van der Waals surface area contributed by atoms with Crippen molar-refractivity contribution in [3.63, 3.8) is 0 Å². The molecule has 0 fully saturated rings. The molecule has 2 heterocycles. The molecule has 9 nitrogen and oxygen atoms in total. The Morgan fingerprint density at radius 3 is 2.87 bits per heavy atom. The molecule has 0 spiro atoms. The molecule has 4 aromatic rings. The summed E-state index contributed by atoms with van der Waals surface area (Å²) >= 11 is 0. The average Bonchev–Trinajstić information content (AvgIpc) is 3.36. The van der Waals surface area contributed by atoms with E-state index in [2.05, 4.69) is 20.1 Å². The molecule has 156 valence electrons. The lowest BCUT2D eigenvalue weighted by molar-refractivity contribution is -0.384. The highest BCUT2D eigenvalue weighted by atomic mass is 16.6. The molecule has 4 rings (SSSR count). The molecule has 1 N–H and O–H groups in total. The Bertz CT molecular complexity index is 1320. The molecule has 0 saturated heterocycles. The van der Waals surface area contributed by atoms with Crippen molar-refractivity contribution in [3.05, 3.63) is 81.9 Å². The second-order valence-electron chi connectivity index (χ2n) is 6.82. The van der Waals surface area contributed by atoms with E-state index in [9.17, 15) is 14.9 Å². The van der Waals surface area contributed by atoms with Crippen molar-refractivity contribution in [3.8, 4) is 11.3 Å². The lowest BCUT2D eigenvalue weighted by Crippen LogP contribution is -2.17. The Labute approximate surface area is 177 Å². The fourth-order valence-electron chi connectivity index (χ4n) is 3.36. The van der Waals surface area contributed by atoms with Gasteiger partial charge in [-0.15, -0.1) is 0 Å². The number of furan rings is 1. The van der Waals surface area contributed by atoms with Crippen molar-refractivity contribution < 1.29 is 14.1 Å². The third-order valence-corrected chi connectivity index (χ3v) is 4.84. The normalized spacial score (nSPS) is 11.3. The van der Waals surface area contributed by atoms with Crippen molar-refractivity contribution in [2.45, 2.75) is 20.4 Å². The molecule has 0 unspecified atom stereocenters. The maximum Gasteiger partial charge on any atom is 0.271 e. The van der Waals surface area contributed by atoms with Crippen molar-refractivity contribution in [2.24, 2.45) is 5.10 Å². The minimum atomic E-state index is -0.463. The molecule has 0 saturated carbocycles.